The number of aromatic nitrogens is 4. The molecule has 0 radical (unpaired) electrons. The zero-order valence-corrected chi connectivity index (χ0v) is 35.0. The molecule has 10 rings (SSSR count). The molecule has 13 heteroatoms. The van der Waals surface area contributed by atoms with Gasteiger partial charge < -0.3 is 31.2 Å². The standard InChI is InChI=1S/C45H50F2N8O2.BrH/c1-22(2)37(48)42(56)54-21-44(13-14-44)19-36(54)40-50-20-35(53-40)26-7-11-30-29-10-6-24(16-31(29)45(46,47)32(30)17-26)25-8-12-33-34(18-25)52-41(51-33)39-27-5-9-28(15-27)55(39)43(57)38(49)23(3)4;/h6-8,10-12,16-18,20,22-23,27-28,36-39H,5,9,13-15,19,21,48-49H2,1-4H3,(H,50,53)(H,51,52);1H/t27?,28?,36?,37?,38?,39-;/m0./s1. The third-order valence-electron chi connectivity index (χ3n) is 13.9. The molecule has 5 unspecified atom stereocenters. The van der Waals surface area contributed by atoms with Gasteiger partial charge in [0.1, 0.15) is 11.6 Å². The van der Waals surface area contributed by atoms with E-state index in [2.05, 4.69) is 9.97 Å². The fourth-order valence-corrected chi connectivity index (χ4v) is 10.2. The van der Waals surface area contributed by atoms with Crippen LogP contribution < -0.4 is 11.5 Å². The first-order valence-corrected chi connectivity index (χ1v) is 20.6. The fraction of sp³-hybridized carbons (Fsp3) is 0.467. The van der Waals surface area contributed by atoms with Crippen LogP contribution in [0.4, 0.5) is 8.78 Å². The number of carbonyl (C=O) groups is 2. The van der Waals surface area contributed by atoms with Crippen LogP contribution in [-0.2, 0) is 15.5 Å². The van der Waals surface area contributed by atoms with Crippen LogP contribution in [0.15, 0.2) is 60.8 Å². The van der Waals surface area contributed by atoms with Crippen LogP contribution in [0.5, 0.6) is 0 Å². The molecule has 3 aliphatic carbocycles. The van der Waals surface area contributed by atoms with Gasteiger partial charge in [0.15, 0.2) is 0 Å². The Bertz CT molecular complexity index is 2460. The Hall–Kier alpha value is -4.46. The molecule has 2 amide bonds. The van der Waals surface area contributed by atoms with Gasteiger partial charge >= 0.3 is 0 Å². The first-order valence-electron chi connectivity index (χ1n) is 20.6. The van der Waals surface area contributed by atoms with E-state index in [0.29, 0.717) is 46.2 Å². The number of aromatic amines is 2. The summed E-state index contributed by atoms with van der Waals surface area (Å²) < 4.78 is 33.0. The number of nitrogens with one attached hydrogen (secondary N) is 2. The van der Waals surface area contributed by atoms with Gasteiger partial charge in [0.2, 0.25) is 11.8 Å². The molecule has 2 saturated heterocycles. The fourth-order valence-electron chi connectivity index (χ4n) is 10.2. The summed E-state index contributed by atoms with van der Waals surface area (Å²) in [6.07, 6.45) is 7.65. The van der Waals surface area contributed by atoms with Crippen LogP contribution in [0.3, 0.4) is 0 Å². The number of nitrogens with two attached hydrogens (primary N) is 2. The Morgan fingerprint density at radius 3 is 2.16 bits per heavy atom. The Morgan fingerprint density at radius 2 is 1.47 bits per heavy atom. The van der Waals surface area contributed by atoms with Crippen molar-refractivity contribution in [2.24, 2.45) is 34.6 Å². The molecule has 6 atom stereocenters. The SMILES string of the molecule is Br.CC(C)C(N)C(=O)N1CC2(CC2)CC1c1ncc(-c2ccc3c(c2)C(F)(F)c2cc(-c4ccc5[nH]c([C@@H]6C7CCC(C7)N6C(=O)C(N)C(C)C)nc5c4)ccc2-3)[nH]1. The predicted molar refractivity (Wildman–Crippen MR) is 225 cm³/mol. The highest BCUT2D eigenvalue weighted by molar-refractivity contribution is 8.93. The number of benzene rings is 3. The number of imidazole rings is 2. The average molecular weight is 854 g/mol. The lowest BCUT2D eigenvalue weighted by Crippen LogP contribution is -2.50. The van der Waals surface area contributed by atoms with Gasteiger partial charge in [0, 0.05) is 29.3 Å². The quantitative estimate of drug-likeness (QED) is 0.123. The third-order valence-corrected chi connectivity index (χ3v) is 13.9. The smallest absolute Gasteiger partial charge is 0.299 e. The van der Waals surface area contributed by atoms with E-state index in [1.54, 1.807) is 30.5 Å². The maximum absolute atomic E-state index is 16.5. The Labute approximate surface area is 347 Å². The van der Waals surface area contributed by atoms with Crippen LogP contribution in [0, 0.1) is 23.2 Å². The molecule has 5 aliphatic rings. The summed E-state index contributed by atoms with van der Waals surface area (Å²) in [6, 6.07) is 14.9. The molecule has 2 aromatic heterocycles. The van der Waals surface area contributed by atoms with E-state index in [1.807, 2.05) is 67.8 Å². The number of alkyl halides is 2. The molecular formula is C45H51BrF2N8O2. The summed E-state index contributed by atoms with van der Waals surface area (Å²) in [5, 5.41) is 0. The highest BCUT2D eigenvalue weighted by Crippen LogP contribution is 2.59. The monoisotopic (exact) mass is 852 g/mol. The summed E-state index contributed by atoms with van der Waals surface area (Å²) in [4.78, 5) is 47.4. The largest absolute Gasteiger partial charge is 0.340 e. The Balaban J connectivity index is 0.00000436. The molecule has 5 aromatic rings. The highest BCUT2D eigenvalue weighted by Gasteiger charge is 2.55. The molecule has 3 aromatic carbocycles. The van der Waals surface area contributed by atoms with E-state index in [4.69, 9.17) is 21.4 Å². The van der Waals surface area contributed by atoms with E-state index in [1.165, 1.54) is 0 Å². The van der Waals surface area contributed by atoms with Crippen molar-refractivity contribution in [1.82, 2.24) is 29.7 Å². The van der Waals surface area contributed by atoms with Gasteiger partial charge in [-0.05, 0) is 108 Å². The van der Waals surface area contributed by atoms with Crippen LogP contribution in [0.1, 0.15) is 101 Å². The van der Waals surface area contributed by atoms with Crippen molar-refractivity contribution >= 4 is 39.8 Å². The van der Waals surface area contributed by atoms with Crippen molar-refractivity contribution in [1.29, 1.82) is 0 Å². The van der Waals surface area contributed by atoms with E-state index in [-0.39, 0.29) is 75.3 Å². The molecule has 4 heterocycles. The summed E-state index contributed by atoms with van der Waals surface area (Å²) >= 11 is 0. The van der Waals surface area contributed by atoms with Crippen molar-refractivity contribution < 1.29 is 18.4 Å². The third kappa shape index (κ3) is 6.05. The maximum atomic E-state index is 16.5. The predicted octanol–water partition coefficient (Wildman–Crippen LogP) is 8.39. The molecular weight excluding hydrogens is 802 g/mol. The minimum atomic E-state index is -3.22. The van der Waals surface area contributed by atoms with Crippen molar-refractivity contribution in [3.05, 3.63) is 83.6 Å². The van der Waals surface area contributed by atoms with Crippen LogP contribution in [-0.4, -0.2) is 66.2 Å². The van der Waals surface area contributed by atoms with Crippen molar-refractivity contribution in [3.8, 4) is 33.5 Å². The number of nitrogens with zero attached hydrogens (tertiary/aromatic N) is 4. The minimum Gasteiger partial charge on any atom is -0.340 e. The number of halogens is 3. The topological polar surface area (TPSA) is 150 Å². The zero-order chi connectivity index (χ0) is 39.7. The van der Waals surface area contributed by atoms with Crippen LogP contribution in [0.25, 0.3) is 44.5 Å². The van der Waals surface area contributed by atoms with Gasteiger partial charge in [-0.1, -0.05) is 58.0 Å². The number of rotatable bonds is 8. The molecule has 304 valence electrons. The molecule has 58 heavy (non-hydrogen) atoms. The number of hydrogen-bond donors (Lipinski definition) is 4. The molecule has 10 nitrogen and oxygen atoms in total. The summed E-state index contributed by atoms with van der Waals surface area (Å²) in [5.41, 5.74) is 18.0. The number of H-pyrrole nitrogens is 2. The maximum Gasteiger partial charge on any atom is 0.299 e. The second-order valence-corrected chi connectivity index (χ2v) is 18.3. The Kier molecular flexibility index (Phi) is 9.29. The number of fused-ring (bicyclic) bond motifs is 6. The summed E-state index contributed by atoms with van der Waals surface area (Å²) in [6.45, 7) is 8.52. The van der Waals surface area contributed by atoms with Crippen molar-refractivity contribution in [2.75, 3.05) is 6.54 Å². The lowest BCUT2D eigenvalue weighted by Gasteiger charge is -2.36. The molecule has 1 spiro atoms. The van der Waals surface area contributed by atoms with E-state index in [0.717, 1.165) is 60.9 Å². The van der Waals surface area contributed by atoms with Crippen LogP contribution in [0.2, 0.25) is 0 Å². The molecule has 2 aliphatic heterocycles. The summed E-state index contributed by atoms with van der Waals surface area (Å²) in [5.74, 6) is -1.52. The number of hydrogen-bond acceptors (Lipinski definition) is 6. The van der Waals surface area contributed by atoms with Gasteiger partial charge in [-0.15, -0.1) is 17.0 Å². The van der Waals surface area contributed by atoms with Gasteiger partial charge in [0.05, 0.1) is 47.1 Å². The number of carbonyl (C=O) groups excluding carboxylic acids is 2. The normalized spacial score (nSPS) is 24.4. The average Bonchev–Trinajstić information content (AvgIpc) is 3.85. The van der Waals surface area contributed by atoms with Gasteiger partial charge in [-0.25, -0.2) is 9.97 Å². The molecule has 6 N–H and O–H groups in total. The van der Waals surface area contributed by atoms with E-state index in [9.17, 15) is 9.59 Å². The van der Waals surface area contributed by atoms with Gasteiger partial charge in [0.25, 0.3) is 5.92 Å². The Morgan fingerprint density at radius 1 is 0.828 bits per heavy atom. The minimum absolute atomic E-state index is 0. The highest BCUT2D eigenvalue weighted by atomic mass is 79.9. The zero-order valence-electron chi connectivity index (χ0n) is 33.3. The first-order chi connectivity index (χ1) is 27.2. The van der Waals surface area contributed by atoms with Gasteiger partial charge in [-0.2, -0.15) is 8.78 Å². The van der Waals surface area contributed by atoms with Crippen LogP contribution >= 0.6 is 17.0 Å². The molecule has 2 saturated carbocycles. The number of piperidine rings is 1. The second-order valence-electron chi connectivity index (χ2n) is 18.3. The first kappa shape index (κ1) is 39.0. The lowest BCUT2D eigenvalue weighted by molar-refractivity contribution is -0.138. The molecule has 4 fully saturated rings. The van der Waals surface area contributed by atoms with Crippen molar-refractivity contribution in [2.45, 2.75) is 102 Å². The summed E-state index contributed by atoms with van der Waals surface area (Å²) in [7, 11) is 0. The van der Waals surface area contributed by atoms with E-state index < -0.39 is 18.0 Å². The lowest BCUT2D eigenvalue weighted by atomic mass is 9.96. The van der Waals surface area contributed by atoms with E-state index >= 15 is 8.78 Å². The number of likely N-dealkylation sites (tertiary alicyclic amines) is 2. The molecule has 2 bridgehead atoms. The number of amides is 2. The van der Waals surface area contributed by atoms with Crippen molar-refractivity contribution in [3.63, 3.8) is 0 Å². The second kappa shape index (κ2) is 13.8. The van der Waals surface area contributed by atoms with Gasteiger partial charge in [-0.3, -0.25) is 9.59 Å².